The highest BCUT2D eigenvalue weighted by Crippen LogP contribution is 2.13. The molecule has 2 aromatic carbocycles. The fourth-order valence-corrected chi connectivity index (χ4v) is 1.46. The van der Waals surface area contributed by atoms with Gasteiger partial charge in [0.15, 0.2) is 18.2 Å². The van der Waals surface area contributed by atoms with Crippen LogP contribution in [0.2, 0.25) is 0 Å². The molecule has 0 aliphatic heterocycles. The molecule has 0 aromatic heterocycles. The van der Waals surface area contributed by atoms with Gasteiger partial charge in [-0.15, -0.1) is 0 Å². The Balaban J connectivity index is 2.07. The molecule has 0 aliphatic rings. The molecule has 2 rings (SSSR count). The van der Waals surface area contributed by atoms with Gasteiger partial charge in [-0.2, -0.15) is 0 Å². The van der Waals surface area contributed by atoms with Crippen molar-refractivity contribution in [2.24, 2.45) is 0 Å². The number of para-hydroxylation sites is 1. The smallest absolute Gasteiger partial charge is 0.203 e. The fourth-order valence-electron chi connectivity index (χ4n) is 1.46. The summed E-state index contributed by atoms with van der Waals surface area (Å²) >= 11 is 0. The second-order valence-corrected chi connectivity index (χ2v) is 3.63. The number of carbonyl (C=O) groups excluding carboxylic acids is 1. The van der Waals surface area contributed by atoms with Crippen LogP contribution in [0.3, 0.4) is 0 Å². The van der Waals surface area contributed by atoms with Gasteiger partial charge in [0.05, 0.1) is 5.56 Å². The summed E-state index contributed by atoms with van der Waals surface area (Å²) in [5.74, 6) is -2.28. The van der Waals surface area contributed by atoms with Crippen LogP contribution in [0.4, 0.5) is 8.78 Å². The number of rotatable bonds is 4. The van der Waals surface area contributed by atoms with E-state index >= 15 is 0 Å². The molecule has 0 radical (unpaired) electrons. The van der Waals surface area contributed by atoms with Crippen LogP contribution in [0.1, 0.15) is 10.4 Å². The van der Waals surface area contributed by atoms with Crippen LogP contribution in [0.5, 0.6) is 5.75 Å². The number of halogens is 2. The minimum atomic E-state index is -1.14. The first kappa shape index (κ1) is 12.2. The Hall–Kier alpha value is -2.23. The van der Waals surface area contributed by atoms with Gasteiger partial charge in [-0.25, -0.2) is 8.78 Å². The van der Waals surface area contributed by atoms with Gasteiger partial charge in [-0.3, -0.25) is 4.79 Å². The van der Waals surface area contributed by atoms with Crippen LogP contribution in [0, 0.1) is 11.6 Å². The maximum Gasteiger partial charge on any atom is 0.203 e. The molecule has 0 aliphatic carbocycles. The number of hydrogen-bond donors (Lipinski definition) is 0. The van der Waals surface area contributed by atoms with Crippen LogP contribution >= 0.6 is 0 Å². The Bertz CT molecular complexity index is 553. The molecule has 2 aromatic rings. The molecule has 0 amide bonds. The minimum absolute atomic E-state index is 0.300. The topological polar surface area (TPSA) is 26.3 Å². The van der Waals surface area contributed by atoms with E-state index in [0.717, 1.165) is 6.07 Å². The third-order valence-electron chi connectivity index (χ3n) is 2.37. The first-order valence-corrected chi connectivity index (χ1v) is 5.33. The van der Waals surface area contributed by atoms with E-state index in [1.165, 1.54) is 12.1 Å². The van der Waals surface area contributed by atoms with E-state index < -0.39 is 17.4 Å². The number of benzene rings is 2. The molecule has 0 N–H and O–H groups in total. The summed E-state index contributed by atoms with van der Waals surface area (Å²) in [5.41, 5.74) is -0.300. The van der Waals surface area contributed by atoms with Crippen molar-refractivity contribution in [1.82, 2.24) is 0 Å². The second kappa shape index (κ2) is 5.40. The molecular weight excluding hydrogens is 238 g/mol. The average Bonchev–Trinajstić information content (AvgIpc) is 2.40. The minimum Gasteiger partial charge on any atom is -0.485 e. The normalized spacial score (nSPS) is 10.1. The predicted octanol–water partition coefficient (Wildman–Crippen LogP) is 3.23. The lowest BCUT2D eigenvalue weighted by Gasteiger charge is -2.06. The third-order valence-corrected chi connectivity index (χ3v) is 2.37. The molecule has 92 valence electrons. The lowest BCUT2D eigenvalue weighted by Crippen LogP contribution is -2.13. The van der Waals surface area contributed by atoms with Crippen molar-refractivity contribution in [3.05, 3.63) is 65.7 Å². The van der Waals surface area contributed by atoms with Crippen molar-refractivity contribution in [2.75, 3.05) is 6.61 Å². The van der Waals surface area contributed by atoms with E-state index in [1.54, 1.807) is 30.3 Å². The monoisotopic (exact) mass is 248 g/mol. The molecule has 0 unspecified atom stereocenters. The van der Waals surface area contributed by atoms with E-state index in [1.807, 2.05) is 0 Å². The Morgan fingerprint density at radius 1 is 1.00 bits per heavy atom. The summed E-state index contributed by atoms with van der Waals surface area (Å²) in [6.45, 7) is -0.329. The molecule has 0 bridgehead atoms. The maximum atomic E-state index is 13.3. The van der Waals surface area contributed by atoms with Gasteiger partial charge in [0.25, 0.3) is 0 Å². The molecular formula is C14H10F2O2. The van der Waals surface area contributed by atoms with E-state index in [-0.39, 0.29) is 12.2 Å². The van der Waals surface area contributed by atoms with Crippen LogP contribution in [-0.4, -0.2) is 12.4 Å². The van der Waals surface area contributed by atoms with E-state index in [4.69, 9.17) is 4.74 Å². The third kappa shape index (κ3) is 2.71. The van der Waals surface area contributed by atoms with Crippen molar-refractivity contribution in [1.29, 1.82) is 0 Å². The zero-order valence-electron chi connectivity index (χ0n) is 9.40. The summed E-state index contributed by atoms with van der Waals surface area (Å²) in [7, 11) is 0. The van der Waals surface area contributed by atoms with Gasteiger partial charge in [0.1, 0.15) is 5.75 Å². The number of carbonyl (C=O) groups is 1. The molecule has 18 heavy (non-hydrogen) atoms. The predicted molar refractivity (Wildman–Crippen MR) is 62.6 cm³/mol. The van der Waals surface area contributed by atoms with Gasteiger partial charge in [0.2, 0.25) is 5.78 Å². The maximum absolute atomic E-state index is 13.3. The van der Waals surface area contributed by atoms with Gasteiger partial charge < -0.3 is 4.74 Å². The first-order chi connectivity index (χ1) is 8.68. The quantitative estimate of drug-likeness (QED) is 0.776. The molecule has 0 heterocycles. The lowest BCUT2D eigenvalue weighted by atomic mass is 10.1. The fraction of sp³-hybridized carbons (Fsp3) is 0.0714. The van der Waals surface area contributed by atoms with Crippen molar-refractivity contribution in [3.8, 4) is 5.75 Å². The Morgan fingerprint density at radius 2 is 1.72 bits per heavy atom. The number of ether oxygens (including phenoxy) is 1. The lowest BCUT2D eigenvalue weighted by molar-refractivity contribution is 0.0916. The standard InChI is InChI=1S/C14H10F2O2/c15-12-8-4-7-11(14(12)16)13(17)9-18-10-5-2-1-3-6-10/h1-8H,9H2. The average molecular weight is 248 g/mol. The summed E-state index contributed by atoms with van der Waals surface area (Å²) in [5, 5.41) is 0. The Labute approximate surface area is 103 Å². The molecule has 0 atom stereocenters. The first-order valence-electron chi connectivity index (χ1n) is 5.33. The second-order valence-electron chi connectivity index (χ2n) is 3.63. The molecule has 0 saturated heterocycles. The zero-order chi connectivity index (χ0) is 13.0. The highest BCUT2D eigenvalue weighted by Gasteiger charge is 2.15. The van der Waals surface area contributed by atoms with Crippen LogP contribution in [0.25, 0.3) is 0 Å². The molecule has 4 heteroatoms. The summed E-state index contributed by atoms with van der Waals surface area (Å²) in [6, 6.07) is 12.1. The van der Waals surface area contributed by atoms with Crippen LogP contribution in [0.15, 0.2) is 48.5 Å². The van der Waals surface area contributed by atoms with Crippen molar-refractivity contribution in [3.63, 3.8) is 0 Å². The van der Waals surface area contributed by atoms with Crippen molar-refractivity contribution >= 4 is 5.78 Å². The van der Waals surface area contributed by atoms with Gasteiger partial charge in [-0.1, -0.05) is 24.3 Å². The van der Waals surface area contributed by atoms with E-state index in [2.05, 4.69) is 0 Å². The van der Waals surface area contributed by atoms with Gasteiger partial charge in [0, 0.05) is 0 Å². The summed E-state index contributed by atoms with van der Waals surface area (Å²) < 4.78 is 31.4. The highest BCUT2D eigenvalue weighted by molar-refractivity contribution is 5.97. The van der Waals surface area contributed by atoms with Gasteiger partial charge >= 0.3 is 0 Å². The highest BCUT2D eigenvalue weighted by atomic mass is 19.2. The molecule has 0 spiro atoms. The number of hydrogen-bond acceptors (Lipinski definition) is 2. The SMILES string of the molecule is O=C(COc1ccccc1)c1cccc(F)c1F. The van der Waals surface area contributed by atoms with E-state index in [0.29, 0.717) is 5.75 Å². The van der Waals surface area contributed by atoms with E-state index in [9.17, 15) is 13.6 Å². The van der Waals surface area contributed by atoms with Crippen molar-refractivity contribution in [2.45, 2.75) is 0 Å². The number of ketones is 1. The molecule has 2 nitrogen and oxygen atoms in total. The van der Waals surface area contributed by atoms with Gasteiger partial charge in [-0.05, 0) is 24.3 Å². The van der Waals surface area contributed by atoms with Crippen LogP contribution < -0.4 is 4.74 Å². The summed E-state index contributed by atoms with van der Waals surface area (Å²) in [4.78, 5) is 11.7. The zero-order valence-corrected chi connectivity index (χ0v) is 9.40. The number of Topliss-reactive ketones (excluding diaryl/α,β-unsaturated/α-hetero) is 1. The van der Waals surface area contributed by atoms with Crippen molar-refractivity contribution < 1.29 is 18.3 Å². The summed E-state index contributed by atoms with van der Waals surface area (Å²) in [6.07, 6.45) is 0. The Morgan fingerprint density at radius 3 is 2.44 bits per heavy atom. The largest absolute Gasteiger partial charge is 0.485 e. The Kier molecular flexibility index (Phi) is 3.67. The van der Waals surface area contributed by atoms with Crippen LogP contribution in [-0.2, 0) is 0 Å². The molecule has 0 fully saturated rings. The molecule has 0 saturated carbocycles.